The van der Waals surface area contributed by atoms with E-state index in [0.29, 0.717) is 17.3 Å². The van der Waals surface area contributed by atoms with Gasteiger partial charge in [-0.1, -0.05) is 42.4 Å². The maximum absolute atomic E-state index is 12.8. The van der Waals surface area contributed by atoms with Crippen LogP contribution in [0.25, 0.3) is 10.8 Å². The predicted molar refractivity (Wildman–Crippen MR) is 114 cm³/mol. The highest BCUT2D eigenvalue weighted by molar-refractivity contribution is 8.13. The average Bonchev–Trinajstić information content (AvgIpc) is 2.68. The Bertz CT molecular complexity index is 1070. The van der Waals surface area contributed by atoms with E-state index < -0.39 is 17.8 Å². The topological polar surface area (TPSA) is 35.5 Å². The van der Waals surface area contributed by atoms with Gasteiger partial charge in [-0.05, 0) is 65.9 Å². The molecule has 158 valence electrons. The Morgan fingerprint density at radius 3 is 2.33 bits per heavy atom. The van der Waals surface area contributed by atoms with Crippen LogP contribution in [0.3, 0.4) is 0 Å². The van der Waals surface area contributed by atoms with Crippen LogP contribution in [0, 0.1) is 0 Å². The molecule has 3 nitrogen and oxygen atoms in total. The first-order valence-corrected chi connectivity index (χ1v) is 10.5. The summed E-state index contributed by atoms with van der Waals surface area (Å²) in [5.41, 5.74) is -0.843. The molecule has 0 spiro atoms. The van der Waals surface area contributed by atoms with Crippen LogP contribution in [-0.2, 0) is 11.0 Å². The van der Waals surface area contributed by atoms with Crippen molar-refractivity contribution in [1.29, 1.82) is 0 Å². The van der Waals surface area contributed by atoms with Gasteiger partial charge in [0.1, 0.15) is 17.2 Å². The summed E-state index contributed by atoms with van der Waals surface area (Å²) in [5, 5.41) is 1.51. The summed E-state index contributed by atoms with van der Waals surface area (Å²) in [4.78, 5) is 11.9. The summed E-state index contributed by atoms with van der Waals surface area (Å²) < 4.78 is 49.8. The maximum atomic E-state index is 12.8. The van der Waals surface area contributed by atoms with Gasteiger partial charge in [0.2, 0.25) is 5.12 Å². The van der Waals surface area contributed by atoms with Crippen LogP contribution < -0.4 is 9.47 Å². The number of hydrogen-bond donors (Lipinski definition) is 0. The van der Waals surface area contributed by atoms with Gasteiger partial charge in [0.05, 0.1) is 10.6 Å². The number of hydrogen-bond acceptors (Lipinski definition) is 4. The zero-order valence-corrected chi connectivity index (χ0v) is 17.7. The molecule has 1 unspecified atom stereocenters. The van der Waals surface area contributed by atoms with Gasteiger partial charge >= 0.3 is 6.18 Å². The van der Waals surface area contributed by atoms with Crippen molar-refractivity contribution in [3.8, 4) is 17.2 Å². The molecule has 0 aliphatic carbocycles. The number of rotatable bonds is 6. The minimum atomic E-state index is -4.48. The Hall–Kier alpha value is -2.38. The highest BCUT2D eigenvalue weighted by atomic mass is 35.5. The minimum Gasteiger partial charge on any atom is -0.482 e. The molecule has 0 heterocycles. The number of carbonyl (C=O) groups is 1. The zero-order valence-electron chi connectivity index (χ0n) is 16.1. The van der Waals surface area contributed by atoms with Crippen molar-refractivity contribution in [2.45, 2.75) is 26.1 Å². The van der Waals surface area contributed by atoms with E-state index >= 15 is 0 Å². The van der Waals surface area contributed by atoms with E-state index in [-0.39, 0.29) is 15.9 Å². The van der Waals surface area contributed by atoms with Crippen molar-refractivity contribution >= 4 is 39.3 Å². The Labute approximate surface area is 181 Å². The molecule has 3 rings (SSSR count). The number of alkyl halides is 3. The molecule has 1 atom stereocenters. The second-order valence-electron chi connectivity index (χ2n) is 6.43. The molecule has 0 fully saturated rings. The summed E-state index contributed by atoms with van der Waals surface area (Å²) in [5.74, 6) is 1.74. The van der Waals surface area contributed by atoms with Crippen molar-refractivity contribution in [3.63, 3.8) is 0 Å². The van der Waals surface area contributed by atoms with E-state index in [1.807, 2.05) is 19.1 Å². The summed E-state index contributed by atoms with van der Waals surface area (Å²) >= 11 is 7.17. The summed E-state index contributed by atoms with van der Waals surface area (Å²) in [6.45, 7) is 3.59. The van der Waals surface area contributed by atoms with E-state index in [4.69, 9.17) is 21.1 Å². The van der Waals surface area contributed by atoms with Gasteiger partial charge in [-0.15, -0.1) is 0 Å². The van der Waals surface area contributed by atoms with Crippen molar-refractivity contribution in [2.24, 2.45) is 0 Å². The van der Waals surface area contributed by atoms with Gasteiger partial charge in [0.15, 0.2) is 6.10 Å². The van der Waals surface area contributed by atoms with Crippen LogP contribution in [0.4, 0.5) is 13.2 Å². The largest absolute Gasteiger partial charge is 0.482 e. The van der Waals surface area contributed by atoms with Gasteiger partial charge in [-0.25, -0.2) is 0 Å². The molecular weight excluding hydrogens is 437 g/mol. The second kappa shape index (κ2) is 9.18. The molecule has 0 saturated heterocycles. The van der Waals surface area contributed by atoms with Gasteiger partial charge < -0.3 is 9.47 Å². The number of benzene rings is 3. The Balaban J connectivity index is 1.82. The third-order valence-electron chi connectivity index (χ3n) is 4.20. The molecule has 0 N–H and O–H groups in total. The van der Waals surface area contributed by atoms with Crippen LogP contribution in [0.5, 0.6) is 17.2 Å². The first kappa shape index (κ1) is 22.3. The zero-order chi connectivity index (χ0) is 21.9. The van der Waals surface area contributed by atoms with Gasteiger partial charge in [0.25, 0.3) is 0 Å². The number of carbonyl (C=O) groups excluding carboxylic acids is 1. The number of fused-ring (bicyclic) bond motifs is 1. The van der Waals surface area contributed by atoms with Crippen LogP contribution >= 0.6 is 23.4 Å². The lowest BCUT2D eigenvalue weighted by atomic mass is 10.1. The van der Waals surface area contributed by atoms with Crippen molar-refractivity contribution in [3.05, 3.63) is 65.2 Å². The Morgan fingerprint density at radius 2 is 1.70 bits per heavy atom. The maximum Gasteiger partial charge on any atom is 0.416 e. The van der Waals surface area contributed by atoms with E-state index in [1.165, 1.54) is 17.8 Å². The monoisotopic (exact) mass is 454 g/mol. The quantitative estimate of drug-likeness (QED) is 0.390. The van der Waals surface area contributed by atoms with Gasteiger partial charge in [0, 0.05) is 0 Å². The third-order valence-corrected chi connectivity index (χ3v) is 5.40. The second-order valence-corrected chi connectivity index (χ2v) is 8.10. The molecule has 0 amide bonds. The number of halogens is 4. The summed E-state index contributed by atoms with van der Waals surface area (Å²) in [6, 6.07) is 13.6. The van der Waals surface area contributed by atoms with E-state index in [2.05, 4.69) is 0 Å². The fraction of sp³-hybridized carbons (Fsp3) is 0.227. The molecule has 0 bridgehead atoms. The van der Waals surface area contributed by atoms with Crippen molar-refractivity contribution in [1.82, 2.24) is 0 Å². The molecule has 0 radical (unpaired) electrons. The normalized spacial score (nSPS) is 12.6. The standard InChI is InChI=1S/C22H18ClF3O3S/c1-3-30-21(27)13(2)28-17-7-4-14-5-8-18(11-15(14)10-17)29-20-9-6-16(12-19(20)23)22(24,25)26/h4-13H,3H2,1-2H3. The molecule has 30 heavy (non-hydrogen) atoms. The molecule has 0 saturated carbocycles. The molecular formula is C22H18ClF3O3S. The third kappa shape index (κ3) is 5.40. The van der Waals surface area contributed by atoms with Crippen LogP contribution in [0.15, 0.2) is 54.6 Å². The fourth-order valence-corrected chi connectivity index (χ4v) is 3.52. The SMILES string of the molecule is CCSC(=O)C(C)Oc1ccc2ccc(Oc3ccc(C(F)(F)F)cc3Cl)cc2c1. The number of thioether (sulfide) groups is 1. The Kier molecular flexibility index (Phi) is 6.83. The van der Waals surface area contributed by atoms with E-state index in [1.54, 1.807) is 31.2 Å². The fourth-order valence-electron chi connectivity index (χ4n) is 2.74. The molecule has 0 aliphatic rings. The van der Waals surface area contributed by atoms with Gasteiger partial charge in [-0.2, -0.15) is 13.2 Å². The highest BCUT2D eigenvalue weighted by Crippen LogP contribution is 2.37. The molecule has 0 aliphatic heterocycles. The smallest absolute Gasteiger partial charge is 0.416 e. The average molecular weight is 455 g/mol. The highest BCUT2D eigenvalue weighted by Gasteiger charge is 2.31. The number of ether oxygens (including phenoxy) is 2. The lowest BCUT2D eigenvalue weighted by Gasteiger charge is -2.14. The first-order valence-electron chi connectivity index (χ1n) is 9.09. The molecule has 0 aromatic heterocycles. The van der Waals surface area contributed by atoms with Crippen molar-refractivity contribution < 1.29 is 27.4 Å². The molecule has 8 heteroatoms. The molecule has 3 aromatic rings. The lowest BCUT2D eigenvalue weighted by Crippen LogP contribution is -2.21. The van der Waals surface area contributed by atoms with Gasteiger partial charge in [-0.3, -0.25) is 4.79 Å². The summed E-state index contributed by atoms with van der Waals surface area (Å²) in [6.07, 6.45) is -5.06. The Morgan fingerprint density at radius 1 is 1.03 bits per heavy atom. The van der Waals surface area contributed by atoms with Crippen LogP contribution in [0.1, 0.15) is 19.4 Å². The van der Waals surface area contributed by atoms with Crippen LogP contribution in [0.2, 0.25) is 5.02 Å². The lowest BCUT2D eigenvalue weighted by molar-refractivity contribution is -0.137. The predicted octanol–water partition coefficient (Wildman–Crippen LogP) is 7.35. The molecule has 3 aromatic carbocycles. The van der Waals surface area contributed by atoms with Crippen molar-refractivity contribution in [2.75, 3.05) is 5.75 Å². The van der Waals surface area contributed by atoms with Crippen LogP contribution in [-0.4, -0.2) is 17.0 Å². The first-order chi connectivity index (χ1) is 14.2. The van der Waals surface area contributed by atoms with E-state index in [0.717, 1.165) is 22.9 Å². The minimum absolute atomic E-state index is 0.0494. The van der Waals surface area contributed by atoms with E-state index in [9.17, 15) is 18.0 Å². The summed E-state index contributed by atoms with van der Waals surface area (Å²) in [7, 11) is 0.